The van der Waals surface area contributed by atoms with E-state index in [4.69, 9.17) is 4.98 Å². The Morgan fingerprint density at radius 3 is 2.65 bits per heavy atom. The van der Waals surface area contributed by atoms with Crippen LogP contribution in [0.5, 0.6) is 0 Å². The highest BCUT2D eigenvalue weighted by Gasteiger charge is 2.20. The monoisotopic (exact) mass is 306 g/mol. The van der Waals surface area contributed by atoms with Crippen molar-refractivity contribution in [3.63, 3.8) is 0 Å². The quantitative estimate of drug-likeness (QED) is 0.748. The maximum absolute atomic E-state index is 4.82. The highest BCUT2D eigenvalue weighted by Crippen LogP contribution is 2.33. The Hall–Kier alpha value is -2.36. The van der Waals surface area contributed by atoms with Gasteiger partial charge in [0, 0.05) is 29.5 Å². The van der Waals surface area contributed by atoms with Crippen LogP contribution in [-0.4, -0.2) is 14.5 Å². The molecule has 3 aromatic rings. The second kappa shape index (κ2) is 5.69. The van der Waals surface area contributed by atoms with E-state index in [0.717, 1.165) is 16.7 Å². The molecule has 0 aliphatic heterocycles. The average molecular weight is 306 g/mol. The Morgan fingerprint density at radius 2 is 1.87 bits per heavy atom. The van der Waals surface area contributed by atoms with Crippen LogP contribution < -0.4 is 5.32 Å². The summed E-state index contributed by atoms with van der Waals surface area (Å²) in [5.41, 5.74) is 4.57. The fourth-order valence-electron chi connectivity index (χ4n) is 3.54. The fraction of sp³-hybridized carbons (Fsp3) is 0.368. The van der Waals surface area contributed by atoms with Gasteiger partial charge in [0.05, 0.1) is 0 Å². The van der Waals surface area contributed by atoms with Crippen LogP contribution in [-0.2, 0) is 0 Å². The van der Waals surface area contributed by atoms with Crippen LogP contribution in [0.25, 0.3) is 11.0 Å². The first-order valence-corrected chi connectivity index (χ1v) is 8.39. The zero-order valence-electron chi connectivity index (χ0n) is 13.7. The molecule has 0 unspecified atom stereocenters. The van der Waals surface area contributed by atoms with Gasteiger partial charge in [-0.2, -0.15) is 4.98 Å². The number of para-hydroxylation sites is 1. The average Bonchev–Trinajstić information content (AvgIpc) is 3.18. The van der Waals surface area contributed by atoms with Crippen LogP contribution in [0.1, 0.15) is 42.9 Å². The Morgan fingerprint density at radius 1 is 1.09 bits per heavy atom. The first kappa shape index (κ1) is 14.2. The maximum Gasteiger partial charge on any atom is 0.229 e. The predicted molar refractivity (Wildman–Crippen MR) is 94.2 cm³/mol. The van der Waals surface area contributed by atoms with Crippen molar-refractivity contribution in [1.82, 2.24) is 14.5 Å². The Labute approximate surface area is 136 Å². The van der Waals surface area contributed by atoms with Gasteiger partial charge in [0.1, 0.15) is 5.65 Å². The maximum atomic E-state index is 4.82. The van der Waals surface area contributed by atoms with E-state index in [9.17, 15) is 0 Å². The number of rotatable bonds is 3. The van der Waals surface area contributed by atoms with Crippen molar-refractivity contribution in [2.24, 2.45) is 0 Å². The molecule has 0 saturated heterocycles. The Bertz CT molecular complexity index is 844. The first-order valence-electron chi connectivity index (χ1n) is 8.39. The summed E-state index contributed by atoms with van der Waals surface area (Å²) >= 11 is 0. The molecule has 1 N–H and O–H groups in total. The summed E-state index contributed by atoms with van der Waals surface area (Å²) in [5.74, 6) is 0.671. The minimum atomic E-state index is 0.590. The standard InChI is InChI=1S/C19H22N4/c1-13-7-3-6-10-17(13)21-19-20-11-16-14(2)12-23(18(16)22-19)15-8-4-5-9-15/h3,6-7,10-12,15H,4-5,8-9H2,1-2H3,(H,20,21,22). The minimum absolute atomic E-state index is 0.590. The van der Waals surface area contributed by atoms with Crippen molar-refractivity contribution >= 4 is 22.7 Å². The van der Waals surface area contributed by atoms with E-state index in [-0.39, 0.29) is 0 Å². The van der Waals surface area contributed by atoms with Crippen LogP contribution in [0.4, 0.5) is 11.6 Å². The summed E-state index contributed by atoms with van der Waals surface area (Å²) < 4.78 is 2.36. The lowest BCUT2D eigenvalue weighted by Crippen LogP contribution is -2.05. The summed E-state index contributed by atoms with van der Waals surface area (Å²) in [4.78, 5) is 9.33. The topological polar surface area (TPSA) is 42.7 Å². The lowest BCUT2D eigenvalue weighted by Gasteiger charge is -2.13. The SMILES string of the molecule is Cc1ccccc1Nc1ncc2c(C)cn(C3CCCC3)c2n1. The highest BCUT2D eigenvalue weighted by atomic mass is 15.2. The predicted octanol–water partition coefficient (Wildman–Crippen LogP) is 4.91. The number of hydrogen-bond acceptors (Lipinski definition) is 3. The molecule has 4 nitrogen and oxygen atoms in total. The molecular weight excluding hydrogens is 284 g/mol. The van der Waals surface area contributed by atoms with Gasteiger partial charge in [-0.25, -0.2) is 4.98 Å². The number of nitrogens with zero attached hydrogens (tertiary/aromatic N) is 3. The third kappa shape index (κ3) is 2.58. The highest BCUT2D eigenvalue weighted by molar-refractivity contribution is 5.81. The molecule has 2 aromatic heterocycles. The smallest absolute Gasteiger partial charge is 0.229 e. The molecule has 23 heavy (non-hydrogen) atoms. The summed E-state index contributed by atoms with van der Waals surface area (Å²) in [6.45, 7) is 4.23. The lowest BCUT2D eigenvalue weighted by molar-refractivity contribution is 0.532. The van der Waals surface area contributed by atoms with E-state index in [1.54, 1.807) is 0 Å². The Balaban J connectivity index is 1.74. The largest absolute Gasteiger partial charge is 0.329 e. The molecule has 4 rings (SSSR count). The number of fused-ring (bicyclic) bond motifs is 1. The van der Waals surface area contributed by atoms with Gasteiger partial charge in [0.25, 0.3) is 0 Å². The van der Waals surface area contributed by atoms with Crippen molar-refractivity contribution in [2.75, 3.05) is 5.32 Å². The van der Waals surface area contributed by atoms with Gasteiger partial charge in [0.15, 0.2) is 0 Å². The molecule has 0 atom stereocenters. The zero-order valence-corrected chi connectivity index (χ0v) is 13.7. The molecule has 0 spiro atoms. The number of anilines is 2. The van der Waals surface area contributed by atoms with Crippen LogP contribution in [0.3, 0.4) is 0 Å². The summed E-state index contributed by atoms with van der Waals surface area (Å²) in [6, 6.07) is 8.81. The Kier molecular flexibility index (Phi) is 3.52. The molecule has 0 amide bonds. The molecule has 118 valence electrons. The number of aromatic nitrogens is 3. The van der Waals surface area contributed by atoms with E-state index in [1.165, 1.54) is 36.8 Å². The van der Waals surface area contributed by atoms with Crippen molar-refractivity contribution in [3.05, 3.63) is 47.8 Å². The van der Waals surface area contributed by atoms with Gasteiger partial charge in [-0.05, 0) is 43.9 Å². The normalized spacial score (nSPS) is 15.4. The fourth-order valence-corrected chi connectivity index (χ4v) is 3.54. The molecule has 1 aliphatic rings. The molecule has 4 heteroatoms. The van der Waals surface area contributed by atoms with Gasteiger partial charge >= 0.3 is 0 Å². The van der Waals surface area contributed by atoms with Gasteiger partial charge in [-0.1, -0.05) is 31.0 Å². The number of benzene rings is 1. The van der Waals surface area contributed by atoms with E-state index < -0.39 is 0 Å². The molecule has 1 fully saturated rings. The third-order valence-corrected chi connectivity index (χ3v) is 4.88. The van der Waals surface area contributed by atoms with Crippen LogP contribution >= 0.6 is 0 Å². The number of aryl methyl sites for hydroxylation is 2. The van der Waals surface area contributed by atoms with Crippen molar-refractivity contribution in [1.29, 1.82) is 0 Å². The van der Waals surface area contributed by atoms with Crippen LogP contribution in [0.2, 0.25) is 0 Å². The molecule has 1 saturated carbocycles. The summed E-state index contributed by atoms with van der Waals surface area (Å²) in [5, 5.41) is 4.52. The van der Waals surface area contributed by atoms with E-state index in [2.05, 4.69) is 47.0 Å². The summed E-state index contributed by atoms with van der Waals surface area (Å²) in [6.07, 6.45) is 9.35. The first-order chi connectivity index (χ1) is 11.2. The second-order valence-electron chi connectivity index (χ2n) is 6.53. The van der Waals surface area contributed by atoms with E-state index in [1.807, 2.05) is 18.3 Å². The second-order valence-corrected chi connectivity index (χ2v) is 6.53. The van der Waals surface area contributed by atoms with Crippen LogP contribution in [0.15, 0.2) is 36.7 Å². The molecule has 1 aliphatic carbocycles. The van der Waals surface area contributed by atoms with E-state index >= 15 is 0 Å². The molecule has 2 heterocycles. The molecule has 0 radical (unpaired) electrons. The van der Waals surface area contributed by atoms with Gasteiger partial charge in [0.2, 0.25) is 5.95 Å². The van der Waals surface area contributed by atoms with Crippen molar-refractivity contribution in [2.45, 2.75) is 45.6 Å². The lowest BCUT2D eigenvalue weighted by atomic mass is 10.2. The van der Waals surface area contributed by atoms with Crippen molar-refractivity contribution in [3.8, 4) is 0 Å². The molecule has 1 aromatic carbocycles. The minimum Gasteiger partial charge on any atom is -0.329 e. The van der Waals surface area contributed by atoms with Gasteiger partial charge in [-0.3, -0.25) is 0 Å². The molecular formula is C19H22N4. The van der Waals surface area contributed by atoms with E-state index in [0.29, 0.717) is 12.0 Å². The third-order valence-electron chi connectivity index (χ3n) is 4.88. The van der Waals surface area contributed by atoms with Gasteiger partial charge in [-0.15, -0.1) is 0 Å². The zero-order chi connectivity index (χ0) is 15.8. The number of nitrogens with one attached hydrogen (secondary N) is 1. The van der Waals surface area contributed by atoms with Crippen LogP contribution in [0, 0.1) is 13.8 Å². The van der Waals surface area contributed by atoms with Gasteiger partial charge < -0.3 is 9.88 Å². The summed E-state index contributed by atoms with van der Waals surface area (Å²) in [7, 11) is 0. The molecule has 0 bridgehead atoms. The number of hydrogen-bond donors (Lipinski definition) is 1. The van der Waals surface area contributed by atoms with Crippen molar-refractivity contribution < 1.29 is 0 Å².